The molecule has 0 aliphatic rings. The molecular formula is C16H14ClN7O2. The Morgan fingerprint density at radius 3 is 2.69 bits per heavy atom. The number of hydrogen-bond acceptors (Lipinski definition) is 5. The highest BCUT2D eigenvalue weighted by Gasteiger charge is 2.18. The first-order valence-corrected chi connectivity index (χ1v) is 8.24. The first-order valence-electron chi connectivity index (χ1n) is 7.86. The molecule has 0 spiro atoms. The van der Waals surface area contributed by atoms with Crippen LogP contribution in [-0.2, 0) is 0 Å². The topological polar surface area (TPSA) is 110 Å². The van der Waals surface area contributed by atoms with E-state index in [-0.39, 0.29) is 17.6 Å². The molecule has 132 valence electrons. The van der Waals surface area contributed by atoms with Crippen LogP contribution < -0.4 is 10.9 Å². The van der Waals surface area contributed by atoms with Gasteiger partial charge in [-0.1, -0.05) is 11.6 Å². The van der Waals surface area contributed by atoms with Crippen molar-refractivity contribution >= 4 is 39.6 Å². The van der Waals surface area contributed by atoms with Gasteiger partial charge >= 0.3 is 6.03 Å². The third-order valence-electron chi connectivity index (χ3n) is 3.80. The molecule has 26 heavy (non-hydrogen) atoms. The van der Waals surface area contributed by atoms with Gasteiger partial charge in [-0.05, 0) is 26.0 Å². The number of H-pyrrole nitrogens is 1. The second kappa shape index (κ2) is 5.95. The molecule has 0 atom stereocenters. The van der Waals surface area contributed by atoms with Crippen molar-refractivity contribution in [2.24, 2.45) is 0 Å². The Morgan fingerprint density at radius 1 is 1.19 bits per heavy atom. The fraction of sp³-hybridized carbons (Fsp3) is 0.188. The van der Waals surface area contributed by atoms with E-state index in [1.807, 2.05) is 13.8 Å². The van der Waals surface area contributed by atoms with Gasteiger partial charge in [0.1, 0.15) is 0 Å². The average molecular weight is 372 g/mol. The monoisotopic (exact) mass is 371 g/mol. The maximum atomic E-state index is 12.7. The van der Waals surface area contributed by atoms with E-state index >= 15 is 0 Å². The fourth-order valence-electron chi connectivity index (χ4n) is 2.66. The minimum atomic E-state index is -0.386. The van der Waals surface area contributed by atoms with Crippen LogP contribution in [0, 0.1) is 0 Å². The molecule has 9 nitrogen and oxygen atoms in total. The summed E-state index contributed by atoms with van der Waals surface area (Å²) in [4.78, 5) is 33.3. The number of amides is 1. The van der Waals surface area contributed by atoms with Crippen molar-refractivity contribution in [1.82, 2.24) is 34.8 Å². The summed E-state index contributed by atoms with van der Waals surface area (Å²) in [5.74, 6) is 0.397. The van der Waals surface area contributed by atoms with E-state index in [1.54, 1.807) is 12.1 Å². The van der Waals surface area contributed by atoms with Gasteiger partial charge in [-0.25, -0.2) is 19.4 Å². The van der Waals surface area contributed by atoms with Crippen LogP contribution in [0.2, 0.25) is 5.02 Å². The second-order valence-electron chi connectivity index (χ2n) is 6.03. The third-order valence-corrected chi connectivity index (χ3v) is 4.02. The minimum absolute atomic E-state index is 0.0395. The number of nitrogens with zero attached hydrogens (tertiary/aromatic N) is 5. The van der Waals surface area contributed by atoms with E-state index in [2.05, 4.69) is 25.5 Å². The molecule has 4 heterocycles. The van der Waals surface area contributed by atoms with Gasteiger partial charge in [0.2, 0.25) is 0 Å². The third kappa shape index (κ3) is 2.53. The zero-order valence-electron chi connectivity index (χ0n) is 13.9. The van der Waals surface area contributed by atoms with Gasteiger partial charge in [0.05, 0.1) is 27.5 Å². The minimum Gasteiger partial charge on any atom is -0.334 e. The van der Waals surface area contributed by atoms with Gasteiger partial charge < -0.3 is 5.32 Å². The molecule has 0 radical (unpaired) electrons. The van der Waals surface area contributed by atoms with Crippen molar-refractivity contribution in [3.05, 3.63) is 46.1 Å². The Morgan fingerprint density at radius 2 is 2.00 bits per heavy atom. The lowest BCUT2D eigenvalue weighted by Gasteiger charge is -2.07. The maximum absolute atomic E-state index is 12.7. The van der Waals surface area contributed by atoms with Gasteiger partial charge in [-0.2, -0.15) is 9.78 Å². The number of aromatic amines is 1. The molecule has 0 aliphatic carbocycles. The van der Waals surface area contributed by atoms with Crippen LogP contribution in [0.15, 0.2) is 35.5 Å². The van der Waals surface area contributed by atoms with Crippen LogP contribution >= 0.6 is 11.6 Å². The molecule has 0 saturated carbocycles. The summed E-state index contributed by atoms with van der Waals surface area (Å²) in [5, 5.41) is 11.3. The van der Waals surface area contributed by atoms with E-state index in [4.69, 9.17) is 11.6 Å². The van der Waals surface area contributed by atoms with E-state index in [1.165, 1.54) is 28.0 Å². The van der Waals surface area contributed by atoms with Crippen LogP contribution in [0.5, 0.6) is 0 Å². The smallest absolute Gasteiger partial charge is 0.334 e. The molecule has 4 rings (SSSR count). The van der Waals surface area contributed by atoms with Crippen LogP contribution in [0.1, 0.15) is 13.8 Å². The quantitative estimate of drug-likeness (QED) is 0.560. The van der Waals surface area contributed by atoms with Gasteiger partial charge in [0, 0.05) is 18.4 Å². The number of halogens is 1. The van der Waals surface area contributed by atoms with Gasteiger partial charge in [-0.15, -0.1) is 0 Å². The number of pyridine rings is 2. The summed E-state index contributed by atoms with van der Waals surface area (Å²) >= 11 is 5.85. The van der Waals surface area contributed by atoms with Crippen LogP contribution in [0.4, 0.5) is 4.79 Å². The highest BCUT2D eigenvalue weighted by atomic mass is 35.5. The normalized spacial score (nSPS) is 11.5. The van der Waals surface area contributed by atoms with Crippen molar-refractivity contribution < 1.29 is 4.79 Å². The first kappa shape index (κ1) is 16.3. The molecule has 1 amide bonds. The molecule has 4 aromatic heterocycles. The van der Waals surface area contributed by atoms with Gasteiger partial charge in [-0.3, -0.25) is 9.89 Å². The van der Waals surface area contributed by atoms with Gasteiger partial charge in [0.15, 0.2) is 11.5 Å². The fourth-order valence-corrected chi connectivity index (χ4v) is 2.77. The Labute approximate surface area is 151 Å². The van der Waals surface area contributed by atoms with Crippen LogP contribution in [0.25, 0.3) is 27.8 Å². The van der Waals surface area contributed by atoms with Crippen molar-refractivity contribution in [2.75, 3.05) is 0 Å². The molecule has 0 saturated heterocycles. The predicted molar refractivity (Wildman–Crippen MR) is 96.9 cm³/mol. The number of nitrogens with one attached hydrogen (secondary N) is 2. The lowest BCUT2D eigenvalue weighted by Crippen LogP contribution is -2.34. The predicted octanol–water partition coefficient (Wildman–Crippen LogP) is 2.08. The zero-order chi connectivity index (χ0) is 18.4. The molecular weight excluding hydrogens is 358 g/mol. The summed E-state index contributed by atoms with van der Waals surface area (Å²) in [6.45, 7) is 3.71. The van der Waals surface area contributed by atoms with Crippen molar-refractivity contribution in [2.45, 2.75) is 19.9 Å². The Balaban J connectivity index is 1.90. The summed E-state index contributed by atoms with van der Waals surface area (Å²) in [6.07, 6.45) is 4.38. The average Bonchev–Trinajstić information content (AvgIpc) is 3.17. The number of hydrogen-bond donors (Lipinski definition) is 2. The van der Waals surface area contributed by atoms with Crippen LogP contribution in [0.3, 0.4) is 0 Å². The summed E-state index contributed by atoms with van der Waals surface area (Å²) in [5.41, 5.74) is 0.581. The Kier molecular flexibility index (Phi) is 3.73. The number of fused-ring (bicyclic) bond motifs is 3. The lowest BCUT2D eigenvalue weighted by molar-refractivity contribution is 0.238. The molecule has 0 unspecified atom stereocenters. The number of aromatic nitrogens is 6. The summed E-state index contributed by atoms with van der Waals surface area (Å²) in [7, 11) is 0. The first-order chi connectivity index (χ1) is 12.5. The summed E-state index contributed by atoms with van der Waals surface area (Å²) < 4.78 is 2.47. The molecule has 4 aromatic rings. The highest BCUT2D eigenvalue weighted by molar-refractivity contribution is 6.30. The molecule has 10 heteroatoms. The van der Waals surface area contributed by atoms with E-state index in [9.17, 15) is 9.59 Å². The van der Waals surface area contributed by atoms with Crippen molar-refractivity contribution in [1.29, 1.82) is 0 Å². The SMILES string of the molecule is CC(C)NC(=O)n1ncc2c3[nH]n(-c4ccc(Cl)cn4)c(=O)c3cnc21. The van der Waals surface area contributed by atoms with E-state index in [0.717, 1.165) is 0 Å². The van der Waals surface area contributed by atoms with Gasteiger partial charge in [0.25, 0.3) is 5.56 Å². The molecule has 0 bridgehead atoms. The molecule has 2 N–H and O–H groups in total. The maximum Gasteiger partial charge on any atom is 0.344 e. The second-order valence-corrected chi connectivity index (χ2v) is 6.47. The van der Waals surface area contributed by atoms with Crippen molar-refractivity contribution in [3.8, 4) is 5.82 Å². The zero-order valence-corrected chi connectivity index (χ0v) is 14.7. The van der Waals surface area contributed by atoms with E-state index < -0.39 is 0 Å². The largest absolute Gasteiger partial charge is 0.344 e. The Bertz CT molecular complexity index is 1190. The number of carbonyl (C=O) groups is 1. The molecule has 0 aliphatic heterocycles. The standard InChI is InChI=1S/C16H14ClN7O2/c1-8(2)21-16(26)24-14-10(7-20-24)13-11(6-19-14)15(25)23(22-13)12-4-3-9(17)5-18-12/h3-8,22H,1-2H3,(H,21,26). The van der Waals surface area contributed by atoms with Crippen molar-refractivity contribution in [3.63, 3.8) is 0 Å². The molecule has 0 fully saturated rings. The van der Waals surface area contributed by atoms with E-state index in [0.29, 0.717) is 32.8 Å². The number of carbonyl (C=O) groups excluding carboxylic acids is 1. The Hall–Kier alpha value is -3.20. The lowest BCUT2D eigenvalue weighted by atomic mass is 10.2. The molecule has 0 aromatic carbocycles. The highest BCUT2D eigenvalue weighted by Crippen LogP contribution is 2.20. The van der Waals surface area contributed by atoms with Crippen LogP contribution in [-0.4, -0.2) is 41.6 Å². The summed E-state index contributed by atoms with van der Waals surface area (Å²) in [6, 6.07) is 2.85. The number of rotatable bonds is 2.